The van der Waals surface area contributed by atoms with Gasteiger partial charge in [0.25, 0.3) is 17.7 Å². The molecule has 10 heteroatoms. The Hall–Kier alpha value is -2.75. The number of aromatic hydroxyl groups is 1. The molecule has 1 fully saturated rings. The zero-order valence-electron chi connectivity index (χ0n) is 18.9. The van der Waals surface area contributed by atoms with Crippen LogP contribution in [0.3, 0.4) is 0 Å². The van der Waals surface area contributed by atoms with Crippen LogP contribution in [0.15, 0.2) is 18.2 Å². The Morgan fingerprint density at radius 2 is 1.81 bits per heavy atom. The smallest absolute Gasteiger partial charge is 0.272 e. The molecule has 4 N–H and O–H groups in total. The summed E-state index contributed by atoms with van der Waals surface area (Å²) in [6, 6.07) is 2.84. The van der Waals surface area contributed by atoms with Gasteiger partial charge in [-0.3, -0.25) is 14.4 Å². The minimum atomic E-state index is -3.36. The average Bonchev–Trinajstić information content (AvgIpc) is 2.89. The Bertz CT molecular complexity index is 888. The Balaban J connectivity index is 2.15. The molecule has 0 bridgehead atoms. The van der Waals surface area contributed by atoms with Gasteiger partial charge < -0.3 is 25.7 Å². The lowest BCUT2D eigenvalue weighted by Crippen LogP contribution is -2.55. The molecule has 0 radical (unpaired) electrons. The van der Waals surface area contributed by atoms with E-state index in [2.05, 4.69) is 10.6 Å². The van der Waals surface area contributed by atoms with Gasteiger partial charge in [-0.1, -0.05) is 33.8 Å². The maximum atomic E-state index is 14.7. The Kier molecular flexibility index (Phi) is 7.49. The molecule has 0 saturated carbocycles. The second kappa shape index (κ2) is 9.40. The summed E-state index contributed by atoms with van der Waals surface area (Å²) >= 11 is 0. The molecule has 1 aromatic rings. The van der Waals surface area contributed by atoms with Gasteiger partial charge in [-0.25, -0.2) is 8.78 Å². The quantitative estimate of drug-likeness (QED) is 0.496. The standard InChI is InChI=1S/C22H31F2N3O5/c1-12(2)9-25-19(31)17-21(4,5)22(23,24)11-27(17)20(32)16(29)10-26-18(30)14-7-6-8-15(28)13(14)3/h6-8,12,16-17,28-29H,9-11H2,1-5H3,(H,25,31)(H,26,30)/t16-,17+/m0/s1. The van der Waals surface area contributed by atoms with Crippen molar-refractivity contribution in [3.05, 3.63) is 29.3 Å². The van der Waals surface area contributed by atoms with Gasteiger partial charge in [-0.15, -0.1) is 0 Å². The van der Waals surface area contributed by atoms with Gasteiger partial charge in [0.05, 0.1) is 18.5 Å². The van der Waals surface area contributed by atoms with E-state index in [9.17, 15) is 33.4 Å². The van der Waals surface area contributed by atoms with Crippen LogP contribution in [0.1, 0.15) is 43.6 Å². The summed E-state index contributed by atoms with van der Waals surface area (Å²) < 4.78 is 29.3. The van der Waals surface area contributed by atoms with Crippen molar-refractivity contribution >= 4 is 17.7 Å². The fourth-order valence-electron chi connectivity index (χ4n) is 3.61. The van der Waals surface area contributed by atoms with E-state index >= 15 is 0 Å². The second-order valence-corrected chi connectivity index (χ2v) is 9.11. The van der Waals surface area contributed by atoms with Gasteiger partial charge in [0.1, 0.15) is 17.9 Å². The molecule has 178 valence electrons. The van der Waals surface area contributed by atoms with Gasteiger partial charge in [-0.2, -0.15) is 0 Å². The van der Waals surface area contributed by atoms with Crippen LogP contribution in [-0.2, 0) is 9.59 Å². The fourth-order valence-corrected chi connectivity index (χ4v) is 3.61. The number of phenolic OH excluding ortho intramolecular Hbond substituents is 1. The summed E-state index contributed by atoms with van der Waals surface area (Å²) in [6.45, 7) is 6.32. The first-order valence-corrected chi connectivity index (χ1v) is 10.4. The van der Waals surface area contributed by atoms with Crippen LogP contribution >= 0.6 is 0 Å². The van der Waals surface area contributed by atoms with Crippen LogP contribution in [0.25, 0.3) is 0 Å². The Morgan fingerprint density at radius 3 is 2.41 bits per heavy atom. The van der Waals surface area contributed by atoms with E-state index in [1.165, 1.54) is 39.0 Å². The number of amides is 3. The first-order chi connectivity index (χ1) is 14.7. The molecule has 1 aliphatic rings. The SMILES string of the molecule is Cc1c(O)cccc1C(=O)NC[C@H](O)C(=O)N1CC(F)(F)C(C)(C)[C@H]1C(=O)NCC(C)C. The highest BCUT2D eigenvalue weighted by atomic mass is 19.3. The van der Waals surface area contributed by atoms with E-state index in [-0.39, 0.29) is 23.8 Å². The number of carbonyl (C=O) groups excluding carboxylic acids is 3. The molecule has 0 spiro atoms. The number of nitrogens with one attached hydrogen (secondary N) is 2. The molecule has 2 rings (SSSR count). The Labute approximate surface area is 186 Å². The van der Waals surface area contributed by atoms with E-state index < -0.39 is 54.3 Å². The van der Waals surface area contributed by atoms with Crippen LogP contribution in [0.2, 0.25) is 0 Å². The summed E-state index contributed by atoms with van der Waals surface area (Å²) in [5, 5.41) is 25.0. The molecule has 1 heterocycles. The normalized spacial score (nSPS) is 20.2. The van der Waals surface area contributed by atoms with E-state index in [4.69, 9.17) is 0 Å². The van der Waals surface area contributed by atoms with E-state index in [1.54, 1.807) is 0 Å². The van der Waals surface area contributed by atoms with E-state index in [0.717, 1.165) is 0 Å². The lowest BCUT2D eigenvalue weighted by molar-refractivity contribution is -0.146. The number of aliphatic hydroxyl groups excluding tert-OH is 1. The summed E-state index contributed by atoms with van der Waals surface area (Å²) in [4.78, 5) is 38.6. The second-order valence-electron chi connectivity index (χ2n) is 9.11. The molecule has 0 unspecified atom stereocenters. The molecule has 2 atom stereocenters. The van der Waals surface area contributed by atoms with E-state index in [0.29, 0.717) is 10.5 Å². The van der Waals surface area contributed by atoms with Crippen molar-refractivity contribution in [2.24, 2.45) is 11.3 Å². The third-order valence-corrected chi connectivity index (χ3v) is 5.81. The number of nitrogens with zero attached hydrogens (tertiary/aromatic N) is 1. The minimum Gasteiger partial charge on any atom is -0.508 e. The summed E-state index contributed by atoms with van der Waals surface area (Å²) in [5.41, 5.74) is -1.40. The van der Waals surface area contributed by atoms with E-state index in [1.807, 2.05) is 13.8 Å². The lowest BCUT2D eigenvalue weighted by Gasteiger charge is -2.33. The zero-order chi connectivity index (χ0) is 24.4. The van der Waals surface area contributed by atoms with Crippen LogP contribution < -0.4 is 10.6 Å². The van der Waals surface area contributed by atoms with Crippen molar-refractivity contribution < 1.29 is 33.4 Å². The number of likely N-dealkylation sites (tertiary alicyclic amines) is 1. The van der Waals surface area contributed by atoms with Crippen LogP contribution in [0.5, 0.6) is 5.75 Å². The summed E-state index contributed by atoms with van der Waals surface area (Å²) in [6.07, 6.45) is -1.83. The van der Waals surface area contributed by atoms with Gasteiger partial charge >= 0.3 is 0 Å². The number of halogens is 2. The number of benzene rings is 1. The number of rotatable bonds is 7. The predicted octanol–water partition coefficient (Wildman–Crippen LogP) is 1.44. The van der Waals surface area contributed by atoms with Crippen molar-refractivity contribution in [2.45, 2.75) is 52.7 Å². The van der Waals surface area contributed by atoms with Crippen molar-refractivity contribution in [1.82, 2.24) is 15.5 Å². The van der Waals surface area contributed by atoms with Crippen LogP contribution in [-0.4, -0.2) is 70.5 Å². The van der Waals surface area contributed by atoms with Crippen LogP contribution in [0.4, 0.5) is 8.78 Å². The molecule has 1 aliphatic heterocycles. The third kappa shape index (κ3) is 5.01. The van der Waals surface area contributed by atoms with Crippen molar-refractivity contribution in [2.75, 3.05) is 19.6 Å². The molecule has 0 aliphatic carbocycles. The first kappa shape index (κ1) is 25.5. The van der Waals surface area contributed by atoms with Crippen molar-refractivity contribution in [1.29, 1.82) is 0 Å². The van der Waals surface area contributed by atoms with Gasteiger partial charge in [0, 0.05) is 17.7 Å². The fraction of sp³-hybridized carbons (Fsp3) is 0.591. The summed E-state index contributed by atoms with van der Waals surface area (Å²) in [7, 11) is 0. The summed E-state index contributed by atoms with van der Waals surface area (Å²) in [5.74, 6) is -5.82. The lowest BCUT2D eigenvalue weighted by atomic mass is 9.81. The number of alkyl halides is 2. The molecular formula is C22H31F2N3O5. The molecule has 8 nitrogen and oxygen atoms in total. The van der Waals surface area contributed by atoms with Crippen molar-refractivity contribution in [3.63, 3.8) is 0 Å². The molecule has 3 amide bonds. The monoisotopic (exact) mass is 455 g/mol. The number of phenols is 1. The maximum absolute atomic E-state index is 14.7. The average molecular weight is 456 g/mol. The topological polar surface area (TPSA) is 119 Å². The Morgan fingerprint density at radius 1 is 1.19 bits per heavy atom. The molecular weight excluding hydrogens is 424 g/mol. The molecule has 1 aromatic carbocycles. The van der Waals surface area contributed by atoms with Crippen LogP contribution in [0, 0.1) is 18.3 Å². The highest BCUT2D eigenvalue weighted by Crippen LogP contribution is 2.48. The highest BCUT2D eigenvalue weighted by molar-refractivity contribution is 5.97. The van der Waals surface area contributed by atoms with Gasteiger partial charge in [0.15, 0.2) is 0 Å². The molecule has 0 aromatic heterocycles. The number of carbonyl (C=O) groups is 3. The highest BCUT2D eigenvalue weighted by Gasteiger charge is 2.64. The zero-order valence-corrected chi connectivity index (χ0v) is 18.9. The number of hydrogen-bond acceptors (Lipinski definition) is 5. The number of aliphatic hydroxyl groups is 1. The molecule has 32 heavy (non-hydrogen) atoms. The van der Waals surface area contributed by atoms with Gasteiger partial charge in [0.2, 0.25) is 5.91 Å². The third-order valence-electron chi connectivity index (χ3n) is 5.81. The number of hydrogen-bond donors (Lipinski definition) is 4. The molecule has 1 saturated heterocycles. The predicted molar refractivity (Wildman–Crippen MR) is 113 cm³/mol. The maximum Gasteiger partial charge on any atom is 0.272 e. The van der Waals surface area contributed by atoms with Gasteiger partial charge in [-0.05, 0) is 25.0 Å². The van der Waals surface area contributed by atoms with Crippen molar-refractivity contribution in [3.8, 4) is 5.75 Å². The first-order valence-electron chi connectivity index (χ1n) is 10.4. The minimum absolute atomic E-state index is 0.0785. The largest absolute Gasteiger partial charge is 0.508 e.